The summed E-state index contributed by atoms with van der Waals surface area (Å²) in [6.45, 7) is 3.44. The van der Waals surface area contributed by atoms with Gasteiger partial charge in [-0.1, -0.05) is 29.8 Å². The Morgan fingerprint density at radius 3 is 2.63 bits per heavy atom. The lowest BCUT2D eigenvalue weighted by Gasteiger charge is -2.21. The first-order valence-electron chi connectivity index (χ1n) is 12.2. The van der Waals surface area contributed by atoms with E-state index in [0.717, 1.165) is 9.13 Å². The minimum Gasteiger partial charge on any atom is -0.493 e. The number of methoxy groups -OCH3 is 2. The number of carbonyl (C=O) groups excluding carboxylic acids is 1. The highest BCUT2D eigenvalue weighted by molar-refractivity contribution is 14.1. The van der Waals surface area contributed by atoms with Crippen molar-refractivity contribution in [3.8, 4) is 23.4 Å². The van der Waals surface area contributed by atoms with Gasteiger partial charge in [0, 0.05) is 40.2 Å². The van der Waals surface area contributed by atoms with Crippen LogP contribution in [0.15, 0.2) is 46.0 Å². The number of hydrogen-bond acceptors (Lipinski definition) is 9. The van der Waals surface area contributed by atoms with Crippen LogP contribution in [0.3, 0.4) is 0 Å². The lowest BCUT2D eigenvalue weighted by Crippen LogP contribution is -2.25. The summed E-state index contributed by atoms with van der Waals surface area (Å²) in [5.74, 6) is 0.893. The van der Waals surface area contributed by atoms with E-state index in [1.54, 1.807) is 19.1 Å². The summed E-state index contributed by atoms with van der Waals surface area (Å²) in [5, 5.41) is 15.9. The van der Waals surface area contributed by atoms with E-state index >= 15 is 0 Å². The molecule has 4 rings (SSSR count). The van der Waals surface area contributed by atoms with Crippen LogP contribution in [0.2, 0.25) is 5.02 Å². The molecule has 214 valence electrons. The molecule has 2 heterocycles. The van der Waals surface area contributed by atoms with E-state index in [1.165, 1.54) is 26.2 Å². The normalized spacial score (nSPS) is 14.2. The van der Waals surface area contributed by atoms with Crippen molar-refractivity contribution in [2.24, 2.45) is 5.10 Å². The van der Waals surface area contributed by atoms with Crippen LogP contribution in [0.4, 0.5) is 0 Å². The highest BCUT2D eigenvalue weighted by Gasteiger charge is 2.34. The van der Waals surface area contributed by atoms with E-state index < -0.39 is 6.23 Å². The molecular weight excluding hydrogens is 731 g/mol. The smallest absolute Gasteiger partial charge is 0.247 e. The third-order valence-corrected chi connectivity index (χ3v) is 8.20. The molecule has 0 saturated heterocycles. The van der Waals surface area contributed by atoms with Crippen LogP contribution in [-0.4, -0.2) is 42.6 Å². The molecule has 1 atom stereocenters. The predicted molar refractivity (Wildman–Crippen MR) is 163 cm³/mol. The van der Waals surface area contributed by atoms with E-state index in [4.69, 9.17) is 35.3 Å². The summed E-state index contributed by atoms with van der Waals surface area (Å²) in [6.07, 6.45) is -0.870. The summed E-state index contributed by atoms with van der Waals surface area (Å²) < 4.78 is 30.2. The van der Waals surface area contributed by atoms with E-state index in [1.807, 2.05) is 24.3 Å². The molecule has 10 nitrogen and oxygen atoms in total. The summed E-state index contributed by atoms with van der Waals surface area (Å²) >= 11 is 11.9. The number of ether oxygens (including phenoxy) is 5. The molecule has 0 fully saturated rings. The standard InChI is InChI=1S/C28H25BrClIN4O6/c1-15-25(29)20(13-37-3)19(11-32)27(33-15)40-14-24-34-35(16(2)36)28(41-24)18-9-22(31)26(23(10-18)38-4)39-12-17-7-5-6-8-21(17)30/h5-10,28H,12-14H2,1-4H3/t28-/m0/s1. The quantitative estimate of drug-likeness (QED) is 0.222. The van der Waals surface area contributed by atoms with E-state index in [9.17, 15) is 10.1 Å². The van der Waals surface area contributed by atoms with Crippen molar-refractivity contribution in [1.29, 1.82) is 5.26 Å². The SMILES string of the molecule is COCc1c(Br)c(C)nc(OCC2=NN(C(C)=O)[C@H](c3cc(I)c(OCc4ccccc4Cl)c(OC)c3)O2)c1C#N. The third kappa shape index (κ3) is 6.86. The molecule has 0 unspecified atom stereocenters. The van der Waals surface area contributed by atoms with Gasteiger partial charge in [-0.25, -0.2) is 4.98 Å². The van der Waals surface area contributed by atoms with E-state index in [-0.39, 0.29) is 43.1 Å². The summed E-state index contributed by atoms with van der Waals surface area (Å²) in [4.78, 5) is 16.9. The van der Waals surface area contributed by atoms with Gasteiger partial charge < -0.3 is 23.7 Å². The van der Waals surface area contributed by atoms with E-state index in [2.05, 4.69) is 54.7 Å². The molecule has 0 radical (unpaired) electrons. The largest absolute Gasteiger partial charge is 0.493 e. The third-order valence-electron chi connectivity index (χ3n) is 5.98. The van der Waals surface area contributed by atoms with Gasteiger partial charge in [-0.2, -0.15) is 10.3 Å². The average Bonchev–Trinajstić information content (AvgIpc) is 3.39. The fourth-order valence-electron chi connectivity index (χ4n) is 4.01. The van der Waals surface area contributed by atoms with Crippen molar-refractivity contribution in [3.05, 3.63) is 77.4 Å². The number of carbonyl (C=O) groups is 1. The Labute approximate surface area is 264 Å². The van der Waals surface area contributed by atoms with Gasteiger partial charge in [-0.15, -0.1) is 5.10 Å². The van der Waals surface area contributed by atoms with E-state index in [0.29, 0.717) is 37.8 Å². The topological polar surface area (TPSA) is 116 Å². The molecule has 3 aromatic rings. The Balaban J connectivity index is 1.55. The van der Waals surface area contributed by atoms with Gasteiger partial charge in [-0.3, -0.25) is 4.79 Å². The number of nitrogens with zero attached hydrogens (tertiary/aromatic N) is 4. The van der Waals surface area contributed by atoms with Crippen LogP contribution >= 0.6 is 50.1 Å². The van der Waals surface area contributed by atoms with Gasteiger partial charge in [0.2, 0.25) is 23.9 Å². The molecule has 0 aliphatic carbocycles. The van der Waals surface area contributed by atoms with Crippen LogP contribution in [0, 0.1) is 21.8 Å². The van der Waals surface area contributed by atoms with Crippen LogP contribution in [0.1, 0.15) is 41.1 Å². The maximum atomic E-state index is 12.5. The van der Waals surface area contributed by atoms with Crippen molar-refractivity contribution in [2.75, 3.05) is 20.8 Å². The second-order valence-electron chi connectivity index (χ2n) is 8.75. The second-order valence-corrected chi connectivity index (χ2v) is 11.1. The molecule has 0 saturated carbocycles. The first-order valence-corrected chi connectivity index (χ1v) is 14.4. The zero-order valence-corrected chi connectivity index (χ0v) is 27.0. The number of rotatable bonds is 10. The Morgan fingerprint density at radius 2 is 1.98 bits per heavy atom. The second kappa shape index (κ2) is 13.7. The number of aryl methyl sites for hydroxylation is 1. The van der Waals surface area contributed by atoms with Gasteiger partial charge in [-0.05, 0) is 63.6 Å². The van der Waals surface area contributed by atoms with Crippen molar-refractivity contribution in [2.45, 2.75) is 33.3 Å². The number of benzene rings is 2. The van der Waals surface area contributed by atoms with Gasteiger partial charge >= 0.3 is 0 Å². The van der Waals surface area contributed by atoms with Gasteiger partial charge in [0.25, 0.3) is 0 Å². The molecule has 0 bridgehead atoms. The molecule has 1 aliphatic rings. The minimum atomic E-state index is -0.870. The highest BCUT2D eigenvalue weighted by atomic mass is 127. The fraction of sp³-hybridized carbons (Fsp3) is 0.286. The van der Waals surface area contributed by atoms with Gasteiger partial charge in [0.15, 0.2) is 18.1 Å². The monoisotopic (exact) mass is 754 g/mol. The van der Waals surface area contributed by atoms with Crippen LogP contribution < -0.4 is 14.2 Å². The lowest BCUT2D eigenvalue weighted by atomic mass is 10.1. The molecular formula is C28H25BrClIN4O6. The van der Waals surface area contributed by atoms with Crippen molar-refractivity contribution in [1.82, 2.24) is 9.99 Å². The Kier molecular flexibility index (Phi) is 10.3. The molecule has 0 spiro atoms. The number of amides is 1. The number of aromatic nitrogens is 1. The minimum absolute atomic E-state index is 0.112. The zero-order chi connectivity index (χ0) is 29.7. The van der Waals surface area contributed by atoms with Gasteiger partial charge in [0.1, 0.15) is 18.2 Å². The molecule has 41 heavy (non-hydrogen) atoms. The molecule has 2 aromatic carbocycles. The highest BCUT2D eigenvalue weighted by Crippen LogP contribution is 2.39. The summed E-state index contributed by atoms with van der Waals surface area (Å²) in [5.41, 5.74) is 2.92. The number of hydrogen-bond donors (Lipinski definition) is 0. The molecule has 1 aliphatic heterocycles. The van der Waals surface area contributed by atoms with Gasteiger partial charge in [0.05, 0.1) is 23.0 Å². The zero-order valence-electron chi connectivity index (χ0n) is 22.5. The Morgan fingerprint density at radius 1 is 1.22 bits per heavy atom. The first kappa shape index (κ1) is 30.8. The molecule has 1 amide bonds. The van der Waals surface area contributed by atoms with Crippen LogP contribution in [-0.2, 0) is 27.5 Å². The Hall–Kier alpha value is -3.12. The number of halogens is 3. The predicted octanol–water partition coefficient (Wildman–Crippen LogP) is 6.29. The average molecular weight is 756 g/mol. The lowest BCUT2D eigenvalue weighted by molar-refractivity contribution is -0.135. The molecule has 13 heteroatoms. The van der Waals surface area contributed by atoms with Crippen molar-refractivity contribution < 1.29 is 28.5 Å². The fourth-order valence-corrected chi connectivity index (χ4v) is 5.39. The van der Waals surface area contributed by atoms with Crippen molar-refractivity contribution in [3.63, 3.8) is 0 Å². The number of pyridine rings is 1. The van der Waals surface area contributed by atoms with Crippen LogP contribution in [0.25, 0.3) is 0 Å². The maximum Gasteiger partial charge on any atom is 0.247 e. The first-order chi connectivity index (χ1) is 19.7. The number of nitriles is 1. The number of hydrazone groups is 1. The van der Waals surface area contributed by atoms with Crippen molar-refractivity contribution >= 4 is 61.9 Å². The summed E-state index contributed by atoms with van der Waals surface area (Å²) in [7, 11) is 3.07. The molecule has 1 aromatic heterocycles. The summed E-state index contributed by atoms with van der Waals surface area (Å²) in [6, 6.07) is 13.1. The Bertz CT molecular complexity index is 1550. The van der Waals surface area contributed by atoms with Crippen LogP contribution in [0.5, 0.6) is 17.4 Å². The molecule has 0 N–H and O–H groups in total. The maximum absolute atomic E-state index is 12.5.